The molecule has 0 saturated heterocycles. The Morgan fingerprint density at radius 1 is 1.00 bits per heavy atom. The zero-order valence-corrected chi connectivity index (χ0v) is 11.8. The molecular weight excluding hydrogens is 274 g/mol. The van der Waals surface area contributed by atoms with E-state index < -0.39 is 9.84 Å². The van der Waals surface area contributed by atoms with Crippen LogP contribution in [0.2, 0.25) is 0 Å². The van der Waals surface area contributed by atoms with Crippen LogP contribution in [0.15, 0.2) is 59.5 Å². The number of sulfone groups is 1. The fourth-order valence-corrected chi connectivity index (χ4v) is 3.07. The predicted octanol–water partition coefficient (Wildman–Crippen LogP) is 1.96. The summed E-state index contributed by atoms with van der Waals surface area (Å²) in [6, 6.07) is 15.3. The minimum atomic E-state index is -3.23. The van der Waals surface area contributed by atoms with Crippen LogP contribution in [0.5, 0.6) is 5.75 Å². The number of aromatic hydroxyl groups is 1. The van der Waals surface area contributed by atoms with Gasteiger partial charge in [0.15, 0.2) is 9.84 Å². The third-order valence-corrected chi connectivity index (χ3v) is 4.62. The molecule has 0 aliphatic rings. The number of phenolic OH excluding ortho intramolecular Hbond substituents is 1. The van der Waals surface area contributed by atoms with Crippen LogP contribution in [0.4, 0.5) is 0 Å². The summed E-state index contributed by atoms with van der Waals surface area (Å²) in [6.07, 6.45) is 0. The van der Waals surface area contributed by atoms with Crippen LogP contribution in [-0.4, -0.2) is 25.8 Å². The molecule has 0 radical (unpaired) electrons. The Hall–Kier alpha value is -1.85. The van der Waals surface area contributed by atoms with Gasteiger partial charge in [0.1, 0.15) is 5.75 Å². The highest BCUT2D eigenvalue weighted by molar-refractivity contribution is 7.91. The molecule has 0 atom stereocenters. The van der Waals surface area contributed by atoms with E-state index in [0.717, 1.165) is 5.56 Å². The molecule has 4 nitrogen and oxygen atoms in total. The van der Waals surface area contributed by atoms with E-state index in [9.17, 15) is 13.5 Å². The summed E-state index contributed by atoms with van der Waals surface area (Å²) < 4.78 is 24.0. The Labute approximate surface area is 119 Å². The van der Waals surface area contributed by atoms with Gasteiger partial charge in [-0.3, -0.25) is 0 Å². The Kier molecular flexibility index (Phi) is 4.76. The molecule has 0 bridgehead atoms. The highest BCUT2D eigenvalue weighted by Gasteiger charge is 2.12. The highest BCUT2D eigenvalue weighted by atomic mass is 32.2. The lowest BCUT2D eigenvalue weighted by Gasteiger charge is -2.07. The van der Waals surface area contributed by atoms with Gasteiger partial charge in [0.25, 0.3) is 0 Å². The van der Waals surface area contributed by atoms with Crippen molar-refractivity contribution in [2.45, 2.75) is 11.4 Å². The quantitative estimate of drug-likeness (QED) is 0.798. The second-order valence-corrected chi connectivity index (χ2v) is 6.59. The molecular formula is C15H17NO3S. The first-order chi connectivity index (χ1) is 9.58. The van der Waals surface area contributed by atoms with Gasteiger partial charge in [-0.1, -0.05) is 30.3 Å². The molecule has 2 aromatic rings. The summed E-state index contributed by atoms with van der Waals surface area (Å²) in [5.74, 6) is 0.261. The van der Waals surface area contributed by atoms with Crippen molar-refractivity contribution < 1.29 is 13.5 Å². The van der Waals surface area contributed by atoms with Gasteiger partial charge < -0.3 is 10.4 Å². The van der Waals surface area contributed by atoms with Crippen LogP contribution in [0.3, 0.4) is 0 Å². The van der Waals surface area contributed by atoms with Crippen LogP contribution < -0.4 is 5.32 Å². The second-order valence-electron chi connectivity index (χ2n) is 4.48. The van der Waals surface area contributed by atoms with E-state index in [1.54, 1.807) is 48.5 Å². The number of hydrogen-bond donors (Lipinski definition) is 2. The summed E-state index contributed by atoms with van der Waals surface area (Å²) in [4.78, 5) is 0.346. The van der Waals surface area contributed by atoms with Crippen LogP contribution in [0.1, 0.15) is 5.56 Å². The zero-order valence-electron chi connectivity index (χ0n) is 11.0. The first kappa shape index (κ1) is 14.6. The molecule has 0 spiro atoms. The molecule has 2 aromatic carbocycles. The van der Waals surface area contributed by atoms with Crippen LogP contribution in [0.25, 0.3) is 0 Å². The maximum atomic E-state index is 12.0. The van der Waals surface area contributed by atoms with E-state index in [1.807, 2.05) is 6.07 Å². The van der Waals surface area contributed by atoms with E-state index in [-0.39, 0.29) is 11.5 Å². The van der Waals surface area contributed by atoms with E-state index in [0.29, 0.717) is 18.0 Å². The summed E-state index contributed by atoms with van der Waals surface area (Å²) in [5, 5.41) is 12.4. The molecule has 0 heterocycles. The fourth-order valence-electron chi connectivity index (χ4n) is 1.85. The van der Waals surface area contributed by atoms with E-state index >= 15 is 0 Å². The summed E-state index contributed by atoms with van der Waals surface area (Å²) >= 11 is 0. The van der Waals surface area contributed by atoms with Gasteiger partial charge in [-0.25, -0.2) is 8.42 Å². The molecule has 2 N–H and O–H groups in total. The van der Waals surface area contributed by atoms with E-state index in [2.05, 4.69) is 5.32 Å². The van der Waals surface area contributed by atoms with Crippen LogP contribution >= 0.6 is 0 Å². The van der Waals surface area contributed by atoms with Crippen molar-refractivity contribution in [2.24, 2.45) is 0 Å². The summed E-state index contributed by atoms with van der Waals surface area (Å²) in [5.41, 5.74) is 0.919. The van der Waals surface area contributed by atoms with Crippen molar-refractivity contribution >= 4 is 9.84 Å². The van der Waals surface area contributed by atoms with Gasteiger partial charge >= 0.3 is 0 Å². The van der Waals surface area contributed by atoms with Crippen molar-refractivity contribution in [1.29, 1.82) is 0 Å². The molecule has 0 fully saturated rings. The maximum Gasteiger partial charge on any atom is 0.179 e. The van der Waals surface area contributed by atoms with Crippen LogP contribution in [-0.2, 0) is 16.4 Å². The Balaban J connectivity index is 1.84. The summed E-state index contributed by atoms with van der Waals surface area (Å²) in [6.45, 7) is 0.894. The van der Waals surface area contributed by atoms with Crippen molar-refractivity contribution in [3.63, 3.8) is 0 Å². The third-order valence-electron chi connectivity index (χ3n) is 2.89. The second kappa shape index (κ2) is 6.54. The molecule has 5 heteroatoms. The molecule has 0 aliphatic heterocycles. The third kappa shape index (κ3) is 4.08. The van der Waals surface area contributed by atoms with E-state index in [1.165, 1.54) is 0 Å². The lowest BCUT2D eigenvalue weighted by Crippen LogP contribution is -2.22. The Morgan fingerprint density at radius 3 is 2.45 bits per heavy atom. The average molecular weight is 291 g/mol. The van der Waals surface area contributed by atoms with Crippen molar-refractivity contribution in [1.82, 2.24) is 5.32 Å². The minimum absolute atomic E-state index is 0.0514. The molecule has 0 unspecified atom stereocenters. The first-order valence-corrected chi connectivity index (χ1v) is 7.99. The van der Waals surface area contributed by atoms with Crippen molar-refractivity contribution in [2.75, 3.05) is 12.3 Å². The Bertz CT molecular complexity index is 654. The molecule has 106 valence electrons. The average Bonchev–Trinajstić information content (AvgIpc) is 2.45. The SMILES string of the molecule is O=S(=O)(CCNCc1cccc(O)c1)c1ccccc1. The minimum Gasteiger partial charge on any atom is -0.508 e. The van der Waals surface area contributed by atoms with Gasteiger partial charge in [0.2, 0.25) is 0 Å². The Morgan fingerprint density at radius 2 is 1.75 bits per heavy atom. The molecule has 0 saturated carbocycles. The normalized spacial score (nSPS) is 11.4. The lowest BCUT2D eigenvalue weighted by atomic mass is 10.2. The number of phenols is 1. The molecule has 20 heavy (non-hydrogen) atoms. The van der Waals surface area contributed by atoms with Crippen molar-refractivity contribution in [3.8, 4) is 5.75 Å². The first-order valence-electron chi connectivity index (χ1n) is 6.34. The van der Waals surface area contributed by atoms with E-state index in [4.69, 9.17) is 0 Å². The number of nitrogens with one attached hydrogen (secondary N) is 1. The maximum absolute atomic E-state index is 12.0. The standard InChI is InChI=1S/C15H17NO3S/c17-14-6-4-5-13(11-14)12-16-9-10-20(18,19)15-7-2-1-3-8-15/h1-8,11,16-17H,9-10,12H2. The summed E-state index contributed by atoms with van der Waals surface area (Å²) in [7, 11) is -3.23. The van der Waals surface area contributed by atoms with Gasteiger partial charge in [-0.2, -0.15) is 0 Å². The van der Waals surface area contributed by atoms with Gasteiger partial charge in [0.05, 0.1) is 10.6 Å². The van der Waals surface area contributed by atoms with Crippen molar-refractivity contribution in [3.05, 3.63) is 60.2 Å². The largest absolute Gasteiger partial charge is 0.508 e. The number of benzene rings is 2. The number of rotatable bonds is 6. The molecule has 0 amide bonds. The van der Waals surface area contributed by atoms with Gasteiger partial charge in [-0.15, -0.1) is 0 Å². The highest BCUT2D eigenvalue weighted by Crippen LogP contribution is 2.11. The van der Waals surface area contributed by atoms with Crippen LogP contribution in [0, 0.1) is 0 Å². The monoisotopic (exact) mass is 291 g/mol. The lowest BCUT2D eigenvalue weighted by molar-refractivity contribution is 0.474. The molecule has 0 aromatic heterocycles. The van der Waals surface area contributed by atoms with Gasteiger partial charge in [0, 0.05) is 13.1 Å². The zero-order chi connectivity index (χ0) is 14.4. The fraction of sp³-hybridized carbons (Fsp3) is 0.200. The topological polar surface area (TPSA) is 66.4 Å². The molecule has 0 aliphatic carbocycles. The van der Waals surface area contributed by atoms with Gasteiger partial charge in [-0.05, 0) is 29.8 Å². The smallest absolute Gasteiger partial charge is 0.179 e. The molecule has 2 rings (SSSR count). The number of hydrogen-bond acceptors (Lipinski definition) is 4. The predicted molar refractivity (Wildman–Crippen MR) is 78.3 cm³/mol.